The maximum Gasteiger partial charge on any atom is 0.373 e. The number of ether oxygens (including phenoxy) is 2. The molecule has 0 bridgehead atoms. The molecule has 17 heavy (non-hydrogen) atoms. The molecule has 0 aromatic heterocycles. The van der Waals surface area contributed by atoms with Crippen molar-refractivity contribution in [2.45, 2.75) is 0 Å². The van der Waals surface area contributed by atoms with E-state index < -0.39 is 17.7 Å². The van der Waals surface area contributed by atoms with Gasteiger partial charge in [0.15, 0.2) is 5.76 Å². The van der Waals surface area contributed by atoms with Gasteiger partial charge >= 0.3 is 11.9 Å². The fourth-order valence-corrected chi connectivity index (χ4v) is 0.418. The van der Waals surface area contributed by atoms with Crippen LogP contribution < -0.4 is 0 Å². The lowest BCUT2D eigenvalue weighted by Crippen LogP contribution is -2.05. The van der Waals surface area contributed by atoms with Crippen molar-refractivity contribution in [1.82, 2.24) is 0 Å². The van der Waals surface area contributed by atoms with E-state index in [0.717, 1.165) is 6.08 Å². The number of hydrogen-bond acceptors (Lipinski definition) is 5. The Kier molecular flexibility index (Phi) is 11.8. The summed E-state index contributed by atoms with van der Waals surface area (Å²) in [7, 11) is 0. The molecule has 5 heteroatoms. The number of aliphatic hydroxyl groups is 1. The number of carbonyl (C=O) groups excluding carboxylic acids is 2. The van der Waals surface area contributed by atoms with Crippen LogP contribution >= 0.6 is 0 Å². The molecule has 0 fully saturated rings. The fourth-order valence-electron chi connectivity index (χ4n) is 0.418. The van der Waals surface area contributed by atoms with Crippen LogP contribution in [0, 0.1) is 0 Å². The van der Waals surface area contributed by atoms with Gasteiger partial charge in [-0.15, -0.1) is 0 Å². The third-order valence-electron chi connectivity index (χ3n) is 1.08. The van der Waals surface area contributed by atoms with Crippen LogP contribution in [0.1, 0.15) is 0 Å². The van der Waals surface area contributed by atoms with Gasteiger partial charge in [0.05, 0.1) is 0 Å². The van der Waals surface area contributed by atoms with Crippen LogP contribution in [-0.4, -0.2) is 30.3 Å². The fraction of sp³-hybridized carbons (Fsp3) is 0.167. The first-order chi connectivity index (χ1) is 7.99. The van der Waals surface area contributed by atoms with Crippen LogP contribution in [0.4, 0.5) is 0 Å². The normalized spacial score (nSPS) is 7.76. The van der Waals surface area contributed by atoms with Gasteiger partial charge in [0, 0.05) is 6.08 Å². The summed E-state index contributed by atoms with van der Waals surface area (Å²) in [6.45, 7) is 13.2. The van der Waals surface area contributed by atoms with Gasteiger partial charge in [-0.05, 0) is 6.58 Å². The highest BCUT2D eigenvalue weighted by atomic mass is 16.5. The van der Waals surface area contributed by atoms with Gasteiger partial charge in [-0.2, -0.15) is 0 Å². The SMILES string of the molecule is C=CCOC(=O)C(=C)O.C=CCOC(=O)C=C. The molecule has 0 radical (unpaired) electrons. The zero-order valence-corrected chi connectivity index (χ0v) is 9.55. The minimum Gasteiger partial charge on any atom is -0.502 e. The van der Waals surface area contributed by atoms with Gasteiger partial charge in [0.2, 0.25) is 0 Å². The predicted molar refractivity (Wildman–Crippen MR) is 64.3 cm³/mol. The second kappa shape index (κ2) is 11.8. The Morgan fingerprint density at radius 3 is 1.88 bits per heavy atom. The Balaban J connectivity index is 0. The average Bonchev–Trinajstić information content (AvgIpc) is 2.33. The second-order valence-corrected chi connectivity index (χ2v) is 2.46. The van der Waals surface area contributed by atoms with Gasteiger partial charge in [0.25, 0.3) is 0 Å². The minimum atomic E-state index is -0.810. The van der Waals surface area contributed by atoms with Gasteiger partial charge in [0.1, 0.15) is 13.2 Å². The van der Waals surface area contributed by atoms with Gasteiger partial charge in [-0.1, -0.05) is 31.9 Å². The van der Waals surface area contributed by atoms with Gasteiger partial charge in [-0.3, -0.25) is 0 Å². The Labute approximate surface area is 100 Å². The molecule has 0 aromatic carbocycles. The topological polar surface area (TPSA) is 72.8 Å². The van der Waals surface area contributed by atoms with Gasteiger partial charge in [-0.25, -0.2) is 9.59 Å². The second-order valence-electron chi connectivity index (χ2n) is 2.46. The third-order valence-corrected chi connectivity index (χ3v) is 1.08. The van der Waals surface area contributed by atoms with E-state index in [0.29, 0.717) is 0 Å². The molecular formula is C12H16O5. The monoisotopic (exact) mass is 240 g/mol. The molecule has 0 aliphatic carbocycles. The van der Waals surface area contributed by atoms with Crippen molar-refractivity contribution in [2.24, 2.45) is 0 Å². The highest BCUT2D eigenvalue weighted by Gasteiger charge is 2.02. The minimum absolute atomic E-state index is 0.0956. The molecule has 5 nitrogen and oxygen atoms in total. The zero-order chi connectivity index (χ0) is 13.7. The molecule has 0 saturated carbocycles. The van der Waals surface area contributed by atoms with Crippen LogP contribution in [0.15, 0.2) is 50.3 Å². The van der Waals surface area contributed by atoms with Crippen molar-refractivity contribution in [3.8, 4) is 0 Å². The van der Waals surface area contributed by atoms with Crippen LogP contribution in [0.2, 0.25) is 0 Å². The first-order valence-corrected chi connectivity index (χ1v) is 4.55. The van der Waals surface area contributed by atoms with Crippen LogP contribution in [-0.2, 0) is 19.1 Å². The third kappa shape index (κ3) is 13.7. The van der Waals surface area contributed by atoms with Crippen LogP contribution in [0.3, 0.4) is 0 Å². The summed E-state index contributed by atoms with van der Waals surface area (Å²) < 4.78 is 8.81. The Hall–Kier alpha value is -2.30. The van der Waals surface area contributed by atoms with E-state index in [4.69, 9.17) is 5.11 Å². The summed E-state index contributed by atoms with van der Waals surface area (Å²) in [6.07, 6.45) is 4.02. The molecule has 0 aliphatic heterocycles. The van der Waals surface area contributed by atoms with E-state index in [-0.39, 0.29) is 13.2 Å². The molecule has 94 valence electrons. The number of esters is 2. The van der Waals surface area contributed by atoms with E-state index in [2.05, 4.69) is 35.8 Å². The number of aliphatic hydroxyl groups excluding tert-OH is 1. The maximum atomic E-state index is 10.3. The van der Waals surface area contributed by atoms with Crippen molar-refractivity contribution >= 4 is 11.9 Å². The number of rotatable bonds is 6. The maximum absolute atomic E-state index is 10.3. The molecule has 0 unspecified atom stereocenters. The first kappa shape index (κ1) is 17.1. The van der Waals surface area contributed by atoms with E-state index in [1.165, 1.54) is 12.2 Å². The molecule has 0 aromatic rings. The Morgan fingerprint density at radius 1 is 1.06 bits per heavy atom. The largest absolute Gasteiger partial charge is 0.502 e. The van der Waals surface area contributed by atoms with E-state index in [1.807, 2.05) is 0 Å². The van der Waals surface area contributed by atoms with Crippen LogP contribution in [0.25, 0.3) is 0 Å². The summed E-state index contributed by atoms with van der Waals surface area (Å²) in [6, 6.07) is 0. The number of carbonyl (C=O) groups is 2. The van der Waals surface area contributed by atoms with E-state index >= 15 is 0 Å². The standard InChI is InChI=1S/C6H8O3.C6H8O2/c1-3-4-9-6(8)5(2)7;1-3-5-8-6(7)4-2/h3,7H,1-2,4H2;3-4H,1-2,5H2. The highest BCUT2D eigenvalue weighted by Crippen LogP contribution is 1.87. The summed E-state index contributed by atoms with van der Waals surface area (Å²) in [5.41, 5.74) is 0. The molecule has 0 saturated heterocycles. The summed E-state index contributed by atoms with van der Waals surface area (Å²) in [5, 5.41) is 8.34. The molecule has 0 rings (SSSR count). The Bertz CT molecular complexity index is 304. The van der Waals surface area contributed by atoms with Crippen LogP contribution in [0.5, 0.6) is 0 Å². The summed E-state index contributed by atoms with van der Waals surface area (Å²) in [5.74, 6) is -1.81. The highest BCUT2D eigenvalue weighted by molar-refractivity contribution is 5.84. The van der Waals surface area contributed by atoms with E-state index in [1.54, 1.807) is 0 Å². The van der Waals surface area contributed by atoms with Crippen molar-refractivity contribution in [1.29, 1.82) is 0 Å². The Morgan fingerprint density at radius 2 is 1.53 bits per heavy atom. The number of hydrogen-bond donors (Lipinski definition) is 1. The van der Waals surface area contributed by atoms with E-state index in [9.17, 15) is 9.59 Å². The molecule has 1 N–H and O–H groups in total. The lowest BCUT2D eigenvalue weighted by atomic mass is 10.6. The summed E-state index contributed by atoms with van der Waals surface area (Å²) in [4.78, 5) is 20.5. The zero-order valence-electron chi connectivity index (χ0n) is 9.55. The molecule has 0 amide bonds. The lowest BCUT2D eigenvalue weighted by molar-refractivity contribution is -0.140. The van der Waals surface area contributed by atoms with Gasteiger partial charge < -0.3 is 14.6 Å². The van der Waals surface area contributed by atoms with Crippen molar-refractivity contribution in [3.05, 3.63) is 50.3 Å². The molecule has 0 atom stereocenters. The lowest BCUT2D eigenvalue weighted by Gasteiger charge is -1.96. The summed E-state index contributed by atoms with van der Waals surface area (Å²) >= 11 is 0. The molecule has 0 spiro atoms. The first-order valence-electron chi connectivity index (χ1n) is 4.55. The van der Waals surface area contributed by atoms with Crippen molar-refractivity contribution in [2.75, 3.05) is 13.2 Å². The quantitative estimate of drug-likeness (QED) is 0.331. The average molecular weight is 240 g/mol. The van der Waals surface area contributed by atoms with Crippen molar-refractivity contribution in [3.63, 3.8) is 0 Å². The predicted octanol–water partition coefficient (Wildman–Crippen LogP) is 1.69. The molecule has 0 heterocycles. The molecular weight excluding hydrogens is 224 g/mol. The molecule has 0 aliphatic rings. The smallest absolute Gasteiger partial charge is 0.373 e. The van der Waals surface area contributed by atoms with Crippen molar-refractivity contribution < 1.29 is 24.2 Å².